The predicted octanol–water partition coefficient (Wildman–Crippen LogP) is 4.37. The van der Waals surface area contributed by atoms with Crippen LogP contribution in [0.1, 0.15) is 37.7 Å². The number of tetrazole rings is 1. The van der Waals surface area contributed by atoms with Gasteiger partial charge < -0.3 is 10.1 Å². The molecule has 4 aliphatic rings. The van der Waals surface area contributed by atoms with Crippen LogP contribution in [0.15, 0.2) is 54.6 Å². The molecule has 0 unspecified atom stereocenters. The lowest BCUT2D eigenvalue weighted by Gasteiger charge is -2.54. The molecule has 1 N–H and O–H groups in total. The van der Waals surface area contributed by atoms with Gasteiger partial charge in [0.05, 0.1) is 5.69 Å². The predicted molar refractivity (Wildman–Crippen MR) is 113 cm³/mol. The van der Waals surface area contributed by atoms with Gasteiger partial charge in [-0.25, -0.2) is 0 Å². The van der Waals surface area contributed by atoms with Crippen molar-refractivity contribution >= 4 is 0 Å². The largest absolute Gasteiger partial charge is 0.423 e. The van der Waals surface area contributed by atoms with Gasteiger partial charge >= 0.3 is 6.01 Å². The van der Waals surface area contributed by atoms with Crippen LogP contribution < -0.4 is 10.1 Å². The first-order valence-corrected chi connectivity index (χ1v) is 11.2. The SMILES string of the molecule is c1ccc(-n2nnnc2Oc2ccc(CNC3C4CC5CC(C4)CC3C5)cc2)cc1. The van der Waals surface area contributed by atoms with Crippen LogP contribution in [0, 0.1) is 23.7 Å². The Labute approximate surface area is 176 Å². The van der Waals surface area contributed by atoms with Crippen LogP contribution in [0.3, 0.4) is 0 Å². The van der Waals surface area contributed by atoms with E-state index in [9.17, 15) is 0 Å². The van der Waals surface area contributed by atoms with Crippen molar-refractivity contribution in [3.05, 3.63) is 60.2 Å². The second kappa shape index (κ2) is 7.51. The monoisotopic (exact) mass is 401 g/mol. The summed E-state index contributed by atoms with van der Waals surface area (Å²) in [6.45, 7) is 0.926. The van der Waals surface area contributed by atoms with Gasteiger partial charge in [0.2, 0.25) is 0 Å². The summed E-state index contributed by atoms with van der Waals surface area (Å²) in [6.07, 6.45) is 7.32. The lowest BCUT2D eigenvalue weighted by molar-refractivity contribution is -0.0142. The van der Waals surface area contributed by atoms with E-state index in [1.54, 1.807) is 4.68 Å². The summed E-state index contributed by atoms with van der Waals surface area (Å²) < 4.78 is 7.54. The third-order valence-electron chi connectivity index (χ3n) is 7.34. The standard InChI is InChI=1S/C24H27N5O/c1-2-4-21(5-3-1)29-24(26-27-28-29)30-22-8-6-16(7-9-22)15-25-23-19-11-17-10-18(13-19)14-20(23)12-17/h1-9,17-20,23,25H,10-15H2. The van der Waals surface area contributed by atoms with Gasteiger partial charge in [0.25, 0.3) is 0 Å². The number of nitrogens with zero attached hydrogens (tertiary/aromatic N) is 4. The van der Waals surface area contributed by atoms with Gasteiger partial charge in [-0.3, -0.25) is 0 Å². The Bertz CT molecular complexity index is 972. The van der Waals surface area contributed by atoms with Gasteiger partial charge in [0.1, 0.15) is 5.75 Å². The van der Waals surface area contributed by atoms with Gasteiger partial charge in [0, 0.05) is 12.6 Å². The molecule has 1 heterocycles. The molecule has 2 aromatic carbocycles. The maximum absolute atomic E-state index is 5.94. The maximum atomic E-state index is 5.94. The fourth-order valence-corrected chi connectivity index (χ4v) is 6.25. The Morgan fingerprint density at radius 2 is 1.57 bits per heavy atom. The maximum Gasteiger partial charge on any atom is 0.345 e. The first kappa shape index (κ1) is 18.1. The Morgan fingerprint density at radius 3 is 2.27 bits per heavy atom. The van der Waals surface area contributed by atoms with E-state index >= 15 is 0 Å². The summed E-state index contributed by atoms with van der Waals surface area (Å²) in [5.74, 6) is 4.59. The molecular weight excluding hydrogens is 374 g/mol. The van der Waals surface area contributed by atoms with Gasteiger partial charge in [-0.05, 0) is 96.0 Å². The highest BCUT2D eigenvalue weighted by atomic mass is 16.5. The van der Waals surface area contributed by atoms with Gasteiger partial charge in [-0.15, -0.1) is 0 Å². The first-order valence-electron chi connectivity index (χ1n) is 11.2. The van der Waals surface area contributed by atoms with E-state index in [0.29, 0.717) is 12.1 Å². The van der Waals surface area contributed by atoms with Crippen LogP contribution in [0.5, 0.6) is 11.8 Å². The highest BCUT2D eigenvalue weighted by Crippen LogP contribution is 2.53. The minimum atomic E-state index is 0.362. The van der Waals surface area contributed by atoms with Gasteiger partial charge in [-0.1, -0.05) is 35.4 Å². The number of ether oxygens (including phenoxy) is 1. The molecule has 0 radical (unpaired) electrons. The van der Waals surface area contributed by atoms with Crippen LogP contribution in [-0.4, -0.2) is 26.2 Å². The number of nitrogens with one attached hydrogen (secondary N) is 1. The number of para-hydroxylation sites is 1. The molecule has 0 spiro atoms. The third kappa shape index (κ3) is 3.39. The minimum Gasteiger partial charge on any atom is -0.423 e. The second-order valence-electron chi connectivity index (χ2n) is 9.29. The molecule has 0 saturated heterocycles. The quantitative estimate of drug-likeness (QED) is 0.664. The van der Waals surface area contributed by atoms with Crippen molar-refractivity contribution < 1.29 is 4.74 Å². The smallest absolute Gasteiger partial charge is 0.345 e. The molecule has 4 fully saturated rings. The Kier molecular flexibility index (Phi) is 4.52. The van der Waals surface area contributed by atoms with Crippen molar-refractivity contribution in [1.82, 2.24) is 25.5 Å². The van der Waals surface area contributed by atoms with Crippen molar-refractivity contribution in [2.24, 2.45) is 23.7 Å². The van der Waals surface area contributed by atoms with E-state index in [0.717, 1.165) is 41.7 Å². The molecule has 4 aliphatic carbocycles. The van der Waals surface area contributed by atoms with E-state index in [2.05, 4.69) is 33.0 Å². The summed E-state index contributed by atoms with van der Waals surface area (Å²) >= 11 is 0. The summed E-state index contributed by atoms with van der Waals surface area (Å²) in [6, 6.07) is 19.1. The number of benzene rings is 2. The Balaban J connectivity index is 1.10. The zero-order valence-electron chi connectivity index (χ0n) is 17.0. The van der Waals surface area contributed by atoms with Crippen LogP contribution >= 0.6 is 0 Å². The molecule has 0 amide bonds. The van der Waals surface area contributed by atoms with Crippen LogP contribution in [0.2, 0.25) is 0 Å². The van der Waals surface area contributed by atoms with E-state index in [4.69, 9.17) is 4.74 Å². The molecular formula is C24H27N5O. The molecule has 4 saturated carbocycles. The number of aromatic nitrogens is 4. The zero-order valence-corrected chi connectivity index (χ0v) is 17.0. The van der Waals surface area contributed by atoms with E-state index in [-0.39, 0.29) is 0 Å². The van der Waals surface area contributed by atoms with Crippen LogP contribution in [0.25, 0.3) is 5.69 Å². The van der Waals surface area contributed by atoms with Crippen LogP contribution in [-0.2, 0) is 6.54 Å². The zero-order chi connectivity index (χ0) is 19.9. The van der Waals surface area contributed by atoms with Gasteiger partial charge in [-0.2, -0.15) is 4.68 Å². The van der Waals surface area contributed by atoms with E-state index in [1.807, 2.05) is 42.5 Å². The van der Waals surface area contributed by atoms with Crippen molar-refractivity contribution in [2.45, 2.75) is 44.7 Å². The van der Waals surface area contributed by atoms with E-state index < -0.39 is 0 Å². The molecule has 0 atom stereocenters. The number of hydrogen-bond donors (Lipinski definition) is 1. The van der Waals surface area contributed by atoms with Crippen LogP contribution in [0.4, 0.5) is 0 Å². The van der Waals surface area contributed by atoms with Gasteiger partial charge in [0.15, 0.2) is 0 Å². The lowest BCUT2D eigenvalue weighted by Crippen LogP contribution is -2.54. The van der Waals surface area contributed by atoms with Crippen molar-refractivity contribution in [1.29, 1.82) is 0 Å². The summed E-state index contributed by atoms with van der Waals surface area (Å²) in [4.78, 5) is 0. The summed E-state index contributed by atoms with van der Waals surface area (Å²) in [5, 5.41) is 15.7. The molecule has 7 rings (SSSR count). The number of hydrogen-bond acceptors (Lipinski definition) is 5. The highest BCUT2D eigenvalue weighted by Gasteiger charge is 2.47. The van der Waals surface area contributed by atoms with Crippen molar-refractivity contribution in [3.63, 3.8) is 0 Å². The molecule has 6 heteroatoms. The number of rotatable bonds is 6. The molecule has 154 valence electrons. The minimum absolute atomic E-state index is 0.362. The lowest BCUT2D eigenvalue weighted by atomic mass is 9.54. The molecule has 1 aromatic heterocycles. The molecule has 30 heavy (non-hydrogen) atoms. The third-order valence-corrected chi connectivity index (χ3v) is 7.34. The average molecular weight is 402 g/mol. The average Bonchev–Trinajstić information content (AvgIpc) is 3.23. The summed E-state index contributed by atoms with van der Waals surface area (Å²) in [5.41, 5.74) is 2.16. The Morgan fingerprint density at radius 1 is 0.867 bits per heavy atom. The topological polar surface area (TPSA) is 64.9 Å². The normalized spacial score (nSPS) is 29.3. The van der Waals surface area contributed by atoms with Crippen molar-refractivity contribution in [3.8, 4) is 17.4 Å². The molecule has 6 nitrogen and oxygen atoms in total. The fourth-order valence-electron chi connectivity index (χ4n) is 6.25. The second-order valence-corrected chi connectivity index (χ2v) is 9.29. The summed E-state index contributed by atoms with van der Waals surface area (Å²) in [7, 11) is 0. The molecule has 0 aliphatic heterocycles. The fraction of sp³-hybridized carbons (Fsp3) is 0.458. The first-order chi connectivity index (χ1) is 14.8. The highest BCUT2D eigenvalue weighted by molar-refractivity contribution is 5.34. The molecule has 3 aromatic rings. The van der Waals surface area contributed by atoms with E-state index in [1.165, 1.54) is 37.7 Å². The Hall–Kier alpha value is -2.73. The van der Waals surface area contributed by atoms with Crippen molar-refractivity contribution in [2.75, 3.05) is 0 Å². The molecule has 4 bridgehead atoms.